The number of hydrogen-bond acceptors (Lipinski definition) is 4. The molecule has 0 aromatic heterocycles. The lowest BCUT2D eigenvalue weighted by molar-refractivity contribution is 0.0271. The molecule has 0 spiro atoms. The molecule has 1 aliphatic rings. The molecule has 1 N–H and O–H groups in total. The Morgan fingerprint density at radius 3 is 2.72 bits per heavy atom. The van der Waals surface area contributed by atoms with Crippen LogP contribution < -0.4 is 14.8 Å². The highest BCUT2D eigenvalue weighted by atomic mass is 79.9. The van der Waals surface area contributed by atoms with Crippen LogP contribution in [0.1, 0.15) is 17.2 Å². The molecule has 100 valence electrons. The number of halogens is 1. The third-order valence-corrected chi connectivity index (χ3v) is 4.13. The van der Waals surface area contributed by atoms with Gasteiger partial charge in [-0.1, -0.05) is 0 Å². The topological polar surface area (TPSA) is 39.7 Å². The molecule has 1 aliphatic heterocycles. The van der Waals surface area contributed by atoms with Crippen LogP contribution in [0.25, 0.3) is 0 Å². The van der Waals surface area contributed by atoms with Crippen molar-refractivity contribution in [1.29, 1.82) is 0 Å². The zero-order chi connectivity index (χ0) is 13.1. The molecule has 18 heavy (non-hydrogen) atoms. The fourth-order valence-electron chi connectivity index (χ4n) is 2.16. The Balaban J connectivity index is 2.44. The van der Waals surface area contributed by atoms with Gasteiger partial charge in [-0.3, -0.25) is 0 Å². The van der Waals surface area contributed by atoms with E-state index in [4.69, 9.17) is 14.2 Å². The summed E-state index contributed by atoms with van der Waals surface area (Å²) in [7, 11) is 3.28. The maximum absolute atomic E-state index is 5.79. The lowest BCUT2D eigenvalue weighted by Crippen LogP contribution is -2.33. The molecule has 1 aromatic carbocycles. The number of hydrogen-bond donors (Lipinski definition) is 1. The van der Waals surface area contributed by atoms with Crippen molar-refractivity contribution in [3.05, 3.63) is 21.7 Å². The summed E-state index contributed by atoms with van der Waals surface area (Å²) in [6.07, 6.45) is 0.0647. The van der Waals surface area contributed by atoms with Gasteiger partial charge in [0, 0.05) is 13.1 Å². The van der Waals surface area contributed by atoms with Crippen molar-refractivity contribution < 1.29 is 14.2 Å². The van der Waals surface area contributed by atoms with Crippen LogP contribution in [-0.4, -0.2) is 33.9 Å². The van der Waals surface area contributed by atoms with Gasteiger partial charge in [-0.25, -0.2) is 0 Å². The largest absolute Gasteiger partial charge is 0.493 e. The number of rotatable bonds is 3. The van der Waals surface area contributed by atoms with Gasteiger partial charge in [-0.2, -0.15) is 0 Å². The minimum Gasteiger partial charge on any atom is -0.493 e. The monoisotopic (exact) mass is 315 g/mol. The highest BCUT2D eigenvalue weighted by molar-refractivity contribution is 9.10. The molecular weight excluding hydrogens is 298 g/mol. The molecule has 4 nitrogen and oxygen atoms in total. The lowest BCUT2D eigenvalue weighted by Gasteiger charge is -2.26. The summed E-state index contributed by atoms with van der Waals surface area (Å²) >= 11 is 3.57. The molecule has 0 radical (unpaired) electrons. The van der Waals surface area contributed by atoms with Gasteiger partial charge >= 0.3 is 0 Å². The zero-order valence-corrected chi connectivity index (χ0v) is 12.5. The number of nitrogens with one attached hydrogen (secondary N) is 1. The number of methoxy groups -OCH3 is 2. The van der Waals surface area contributed by atoms with E-state index in [2.05, 4.69) is 28.2 Å². The molecule has 1 atom stereocenters. The minimum atomic E-state index is 0.0647. The van der Waals surface area contributed by atoms with E-state index < -0.39 is 0 Å². The second-order valence-corrected chi connectivity index (χ2v) is 5.00. The molecule has 0 aliphatic carbocycles. The summed E-state index contributed by atoms with van der Waals surface area (Å²) in [6.45, 7) is 4.52. The molecule has 1 unspecified atom stereocenters. The van der Waals surface area contributed by atoms with E-state index in [1.165, 1.54) is 0 Å². The molecule has 5 heteroatoms. The second kappa shape index (κ2) is 5.91. The van der Waals surface area contributed by atoms with Crippen LogP contribution in [0.15, 0.2) is 10.5 Å². The van der Waals surface area contributed by atoms with Gasteiger partial charge in [-0.15, -0.1) is 0 Å². The first-order chi connectivity index (χ1) is 8.69. The number of benzene rings is 1. The summed E-state index contributed by atoms with van der Waals surface area (Å²) in [4.78, 5) is 0. The number of ether oxygens (including phenoxy) is 3. The van der Waals surface area contributed by atoms with E-state index >= 15 is 0 Å². The maximum atomic E-state index is 5.79. The van der Waals surface area contributed by atoms with E-state index in [9.17, 15) is 0 Å². The minimum absolute atomic E-state index is 0.0647. The van der Waals surface area contributed by atoms with Crippen molar-refractivity contribution in [2.24, 2.45) is 0 Å². The fraction of sp³-hybridized carbons (Fsp3) is 0.538. The fourth-order valence-corrected chi connectivity index (χ4v) is 2.75. The van der Waals surface area contributed by atoms with Gasteiger partial charge in [0.2, 0.25) is 0 Å². The number of morpholine rings is 1. The molecule has 0 amide bonds. The maximum Gasteiger partial charge on any atom is 0.175 e. The first kappa shape index (κ1) is 13.6. The van der Waals surface area contributed by atoms with Crippen molar-refractivity contribution in [3.63, 3.8) is 0 Å². The predicted octanol–water partition coefficient (Wildman–Crippen LogP) is 2.44. The Bertz CT molecular complexity index is 431. The van der Waals surface area contributed by atoms with E-state index in [1.807, 2.05) is 6.07 Å². The SMILES string of the molecule is COc1cc(C2CNCCO2)c(C)c(Br)c1OC. The third kappa shape index (κ3) is 2.48. The van der Waals surface area contributed by atoms with Gasteiger partial charge in [0.15, 0.2) is 11.5 Å². The molecule has 0 bridgehead atoms. The Hall–Kier alpha value is -0.780. The highest BCUT2D eigenvalue weighted by Gasteiger charge is 2.23. The summed E-state index contributed by atoms with van der Waals surface area (Å²) in [5.41, 5.74) is 2.26. The van der Waals surface area contributed by atoms with Crippen LogP contribution in [-0.2, 0) is 4.74 Å². The Morgan fingerprint density at radius 1 is 1.39 bits per heavy atom. The average molecular weight is 316 g/mol. The van der Waals surface area contributed by atoms with Gasteiger partial charge < -0.3 is 19.5 Å². The van der Waals surface area contributed by atoms with E-state index in [0.29, 0.717) is 0 Å². The lowest BCUT2D eigenvalue weighted by atomic mass is 10.0. The van der Waals surface area contributed by atoms with Crippen LogP contribution in [0.2, 0.25) is 0 Å². The van der Waals surface area contributed by atoms with Crippen molar-refractivity contribution >= 4 is 15.9 Å². The van der Waals surface area contributed by atoms with E-state index in [1.54, 1.807) is 14.2 Å². The predicted molar refractivity (Wildman–Crippen MR) is 73.5 cm³/mol. The van der Waals surface area contributed by atoms with Crippen LogP contribution >= 0.6 is 15.9 Å². The summed E-state index contributed by atoms with van der Waals surface area (Å²) < 4.78 is 17.5. The van der Waals surface area contributed by atoms with Gasteiger partial charge in [-0.05, 0) is 40.0 Å². The quantitative estimate of drug-likeness (QED) is 0.930. The van der Waals surface area contributed by atoms with Crippen LogP contribution in [0.5, 0.6) is 11.5 Å². The summed E-state index contributed by atoms with van der Waals surface area (Å²) in [5.74, 6) is 1.45. The smallest absolute Gasteiger partial charge is 0.175 e. The van der Waals surface area contributed by atoms with E-state index in [-0.39, 0.29) is 6.10 Å². The van der Waals surface area contributed by atoms with Crippen LogP contribution in [0, 0.1) is 6.92 Å². The molecule has 2 rings (SSSR count). The molecular formula is C13H18BrNO3. The van der Waals surface area contributed by atoms with Gasteiger partial charge in [0.25, 0.3) is 0 Å². The van der Waals surface area contributed by atoms with Crippen LogP contribution in [0.4, 0.5) is 0 Å². The normalized spacial score (nSPS) is 19.7. The highest BCUT2D eigenvalue weighted by Crippen LogP contribution is 2.41. The average Bonchev–Trinajstić information content (AvgIpc) is 2.42. The molecule has 1 saturated heterocycles. The first-order valence-electron chi connectivity index (χ1n) is 5.92. The summed E-state index contributed by atoms with van der Waals surface area (Å²) in [6, 6.07) is 2.00. The standard InChI is InChI=1S/C13H18BrNO3/c1-8-9(11-7-15-4-5-18-11)6-10(16-2)13(17-3)12(8)14/h6,11,15H,4-5,7H2,1-3H3. The van der Waals surface area contributed by atoms with Gasteiger partial charge in [0.1, 0.15) is 0 Å². The van der Waals surface area contributed by atoms with Crippen molar-refractivity contribution in [1.82, 2.24) is 5.32 Å². The zero-order valence-electron chi connectivity index (χ0n) is 10.9. The Kier molecular flexibility index (Phi) is 4.48. The molecule has 0 saturated carbocycles. The van der Waals surface area contributed by atoms with Crippen LogP contribution in [0.3, 0.4) is 0 Å². The first-order valence-corrected chi connectivity index (χ1v) is 6.71. The van der Waals surface area contributed by atoms with Gasteiger partial charge in [0.05, 0.1) is 31.4 Å². The second-order valence-electron chi connectivity index (χ2n) is 4.20. The third-order valence-electron chi connectivity index (χ3n) is 3.17. The molecule has 1 fully saturated rings. The Labute approximate surface area is 116 Å². The van der Waals surface area contributed by atoms with Crippen molar-refractivity contribution in [2.45, 2.75) is 13.0 Å². The van der Waals surface area contributed by atoms with Crippen molar-refractivity contribution in [2.75, 3.05) is 33.9 Å². The molecule has 1 heterocycles. The molecule has 1 aromatic rings. The van der Waals surface area contributed by atoms with E-state index in [0.717, 1.165) is 46.8 Å². The Morgan fingerprint density at radius 2 is 2.17 bits per heavy atom. The summed E-state index contributed by atoms with van der Waals surface area (Å²) in [5, 5.41) is 3.33. The van der Waals surface area contributed by atoms with Crippen molar-refractivity contribution in [3.8, 4) is 11.5 Å².